The van der Waals surface area contributed by atoms with Crippen LogP contribution in [0.5, 0.6) is 0 Å². The van der Waals surface area contributed by atoms with Crippen molar-refractivity contribution in [3.8, 4) is 11.3 Å². The highest BCUT2D eigenvalue weighted by atomic mass is 16.6. The van der Waals surface area contributed by atoms with Crippen molar-refractivity contribution in [2.75, 3.05) is 25.1 Å². The van der Waals surface area contributed by atoms with Gasteiger partial charge in [0.1, 0.15) is 11.6 Å². The molecule has 4 rings (SSSR count). The van der Waals surface area contributed by atoms with Gasteiger partial charge in [-0.3, -0.25) is 0 Å². The number of esters is 1. The molecule has 1 aliphatic heterocycles. The molecule has 184 valence electrons. The minimum Gasteiger partial charge on any atom is -0.467 e. The van der Waals surface area contributed by atoms with Crippen LogP contribution in [-0.2, 0) is 14.3 Å². The topological polar surface area (TPSA) is 93.6 Å². The van der Waals surface area contributed by atoms with E-state index in [0.717, 1.165) is 16.6 Å². The Balaban J connectivity index is 1.44. The van der Waals surface area contributed by atoms with E-state index in [9.17, 15) is 9.59 Å². The Morgan fingerprint density at radius 1 is 1.06 bits per heavy atom. The SMILES string of the molecule is COC(=O)C(NC(=O)OC(C)(C)C)C1CCN(c2nccc(-c3ccc4ccccc4c3)n2)CC1. The molecular weight excluding hydrogens is 444 g/mol. The maximum atomic E-state index is 12.4. The van der Waals surface area contributed by atoms with Gasteiger partial charge in [-0.05, 0) is 62.4 Å². The Hall–Kier alpha value is -3.68. The molecule has 1 saturated heterocycles. The van der Waals surface area contributed by atoms with E-state index in [2.05, 4.69) is 45.5 Å². The van der Waals surface area contributed by atoms with E-state index in [0.29, 0.717) is 31.9 Å². The number of hydrogen-bond donors (Lipinski definition) is 1. The lowest BCUT2D eigenvalue weighted by atomic mass is 9.89. The molecule has 1 atom stereocenters. The summed E-state index contributed by atoms with van der Waals surface area (Å²) in [6.07, 6.45) is 2.51. The number of anilines is 1. The molecule has 0 saturated carbocycles. The van der Waals surface area contributed by atoms with Gasteiger partial charge in [-0.1, -0.05) is 36.4 Å². The molecule has 1 unspecified atom stereocenters. The summed E-state index contributed by atoms with van der Waals surface area (Å²) in [5, 5.41) is 5.06. The monoisotopic (exact) mass is 476 g/mol. The molecule has 8 heteroatoms. The highest BCUT2D eigenvalue weighted by Gasteiger charge is 2.35. The fourth-order valence-electron chi connectivity index (χ4n) is 4.37. The number of hydrogen-bond acceptors (Lipinski definition) is 7. The van der Waals surface area contributed by atoms with Crippen molar-refractivity contribution in [1.82, 2.24) is 15.3 Å². The van der Waals surface area contributed by atoms with E-state index in [4.69, 9.17) is 14.5 Å². The number of methoxy groups -OCH3 is 1. The molecule has 35 heavy (non-hydrogen) atoms. The molecule has 0 spiro atoms. The van der Waals surface area contributed by atoms with Gasteiger partial charge in [-0.25, -0.2) is 19.6 Å². The number of benzene rings is 2. The number of fused-ring (bicyclic) bond motifs is 1. The third kappa shape index (κ3) is 6.07. The number of nitrogens with zero attached hydrogens (tertiary/aromatic N) is 3. The average molecular weight is 477 g/mol. The van der Waals surface area contributed by atoms with Crippen LogP contribution in [0.25, 0.3) is 22.0 Å². The fourth-order valence-corrected chi connectivity index (χ4v) is 4.37. The number of piperidine rings is 1. The van der Waals surface area contributed by atoms with Gasteiger partial charge in [0.2, 0.25) is 5.95 Å². The van der Waals surface area contributed by atoms with Gasteiger partial charge in [0, 0.05) is 24.8 Å². The van der Waals surface area contributed by atoms with Crippen molar-refractivity contribution in [2.24, 2.45) is 5.92 Å². The van der Waals surface area contributed by atoms with E-state index in [1.54, 1.807) is 27.0 Å². The van der Waals surface area contributed by atoms with Crippen LogP contribution >= 0.6 is 0 Å². The van der Waals surface area contributed by atoms with Gasteiger partial charge >= 0.3 is 12.1 Å². The smallest absolute Gasteiger partial charge is 0.408 e. The van der Waals surface area contributed by atoms with Crippen molar-refractivity contribution >= 4 is 28.8 Å². The zero-order valence-corrected chi connectivity index (χ0v) is 20.7. The first-order valence-corrected chi connectivity index (χ1v) is 11.9. The van der Waals surface area contributed by atoms with Gasteiger partial charge < -0.3 is 19.7 Å². The molecule has 1 aliphatic rings. The summed E-state index contributed by atoms with van der Waals surface area (Å²) in [4.78, 5) is 36.2. The molecular formula is C27H32N4O4. The summed E-state index contributed by atoms with van der Waals surface area (Å²) >= 11 is 0. The quantitative estimate of drug-likeness (QED) is 0.539. The first kappa shape index (κ1) is 24.4. The van der Waals surface area contributed by atoms with Crippen LogP contribution in [0.2, 0.25) is 0 Å². The van der Waals surface area contributed by atoms with Gasteiger partial charge in [0.05, 0.1) is 12.8 Å². The number of rotatable bonds is 5. The minimum atomic E-state index is -0.762. The molecule has 2 heterocycles. The van der Waals surface area contributed by atoms with E-state index in [1.807, 2.05) is 18.2 Å². The number of nitrogens with one attached hydrogen (secondary N) is 1. The lowest BCUT2D eigenvalue weighted by Crippen LogP contribution is -2.51. The molecule has 1 N–H and O–H groups in total. The third-order valence-corrected chi connectivity index (χ3v) is 6.11. The van der Waals surface area contributed by atoms with Gasteiger partial charge in [0.25, 0.3) is 0 Å². The third-order valence-electron chi connectivity index (χ3n) is 6.11. The number of carbonyl (C=O) groups is 2. The van der Waals surface area contributed by atoms with Crippen LogP contribution < -0.4 is 10.2 Å². The molecule has 0 bridgehead atoms. The summed E-state index contributed by atoms with van der Waals surface area (Å²) in [6, 6.07) is 15.7. The molecule has 1 amide bonds. The number of ether oxygens (including phenoxy) is 2. The largest absolute Gasteiger partial charge is 0.467 e. The van der Waals surface area contributed by atoms with Crippen molar-refractivity contribution in [1.29, 1.82) is 0 Å². The van der Waals surface area contributed by atoms with Crippen LogP contribution in [0.15, 0.2) is 54.7 Å². The summed E-state index contributed by atoms with van der Waals surface area (Å²) in [5.41, 5.74) is 1.25. The highest BCUT2D eigenvalue weighted by Crippen LogP contribution is 2.27. The molecule has 1 aromatic heterocycles. The van der Waals surface area contributed by atoms with E-state index in [-0.39, 0.29) is 5.92 Å². The Morgan fingerprint density at radius 3 is 2.46 bits per heavy atom. The van der Waals surface area contributed by atoms with Gasteiger partial charge in [-0.2, -0.15) is 0 Å². The van der Waals surface area contributed by atoms with E-state index >= 15 is 0 Å². The second-order valence-electron chi connectivity index (χ2n) is 9.78. The number of carbonyl (C=O) groups excluding carboxylic acids is 2. The molecule has 8 nitrogen and oxygen atoms in total. The van der Waals surface area contributed by atoms with Crippen molar-refractivity contribution in [3.05, 3.63) is 54.7 Å². The van der Waals surface area contributed by atoms with Crippen molar-refractivity contribution in [2.45, 2.75) is 45.3 Å². The maximum Gasteiger partial charge on any atom is 0.408 e. The Bertz CT molecular complexity index is 1200. The molecule has 3 aromatic rings. The summed E-state index contributed by atoms with van der Waals surface area (Å²) < 4.78 is 10.3. The van der Waals surface area contributed by atoms with Crippen LogP contribution in [-0.4, -0.2) is 53.9 Å². The van der Waals surface area contributed by atoms with Crippen LogP contribution in [0, 0.1) is 5.92 Å². The molecule has 0 aliphatic carbocycles. The van der Waals surface area contributed by atoms with Crippen LogP contribution in [0.3, 0.4) is 0 Å². The minimum absolute atomic E-state index is 0.0742. The van der Waals surface area contributed by atoms with Crippen LogP contribution in [0.1, 0.15) is 33.6 Å². The lowest BCUT2D eigenvalue weighted by molar-refractivity contribution is -0.144. The highest BCUT2D eigenvalue weighted by molar-refractivity contribution is 5.86. The first-order valence-electron chi connectivity index (χ1n) is 11.9. The zero-order valence-electron chi connectivity index (χ0n) is 20.7. The normalized spacial score (nSPS) is 15.5. The number of amides is 1. The Labute approximate surface area is 205 Å². The van der Waals surface area contributed by atoms with E-state index < -0.39 is 23.7 Å². The van der Waals surface area contributed by atoms with Gasteiger partial charge in [0.15, 0.2) is 0 Å². The summed E-state index contributed by atoms with van der Waals surface area (Å²) in [7, 11) is 1.33. The first-order chi connectivity index (χ1) is 16.7. The van der Waals surface area contributed by atoms with Crippen molar-refractivity contribution in [3.63, 3.8) is 0 Å². The zero-order chi connectivity index (χ0) is 25.0. The fraction of sp³-hybridized carbons (Fsp3) is 0.407. The molecule has 0 radical (unpaired) electrons. The summed E-state index contributed by atoms with van der Waals surface area (Å²) in [6.45, 7) is 6.67. The molecule has 1 fully saturated rings. The Kier molecular flexibility index (Phi) is 7.19. The second kappa shape index (κ2) is 10.3. The van der Waals surface area contributed by atoms with E-state index in [1.165, 1.54) is 12.5 Å². The number of aromatic nitrogens is 2. The lowest BCUT2D eigenvalue weighted by Gasteiger charge is -2.35. The Morgan fingerprint density at radius 2 is 1.77 bits per heavy atom. The predicted octanol–water partition coefficient (Wildman–Crippen LogP) is 4.58. The molecule has 2 aromatic carbocycles. The van der Waals surface area contributed by atoms with Crippen LogP contribution in [0.4, 0.5) is 10.7 Å². The van der Waals surface area contributed by atoms with Gasteiger partial charge in [-0.15, -0.1) is 0 Å². The average Bonchev–Trinajstić information content (AvgIpc) is 2.85. The predicted molar refractivity (Wildman–Crippen MR) is 135 cm³/mol. The summed E-state index contributed by atoms with van der Waals surface area (Å²) in [5.74, 6) is 0.113. The standard InChI is InChI=1S/C27H32N4O4/c1-27(2,3)35-26(33)30-23(24(32)34-4)19-12-15-31(16-13-19)25-28-14-11-22(29-25)21-10-9-18-7-5-6-8-20(18)17-21/h5-11,14,17,19,23H,12-13,15-16H2,1-4H3,(H,30,33). The maximum absolute atomic E-state index is 12.4. The van der Waals surface area contributed by atoms with Crippen molar-refractivity contribution < 1.29 is 19.1 Å². The second-order valence-corrected chi connectivity index (χ2v) is 9.78. The number of alkyl carbamates (subject to hydrolysis) is 1.